The van der Waals surface area contributed by atoms with Gasteiger partial charge in [-0.15, -0.1) is 0 Å². The molecule has 0 radical (unpaired) electrons. The number of aromatic amines is 1. The highest BCUT2D eigenvalue weighted by Gasteiger charge is 2.52. The SMILES string of the molecule is CCCC[C@]1(c2ccc(F)cc2)NC(=O)N(CC(=O)c2c(C)[nH]c3ccccc23)C1=O. The number of carbonyl (C=O) groups excluding carboxylic acids is 3. The Kier molecular flexibility index (Phi) is 5.35. The molecular formula is C24H24FN3O3. The molecule has 1 atom stereocenters. The molecule has 1 fully saturated rings. The van der Waals surface area contributed by atoms with E-state index in [4.69, 9.17) is 0 Å². The van der Waals surface area contributed by atoms with Gasteiger partial charge in [-0.2, -0.15) is 0 Å². The fourth-order valence-electron chi connectivity index (χ4n) is 4.31. The fourth-order valence-corrected chi connectivity index (χ4v) is 4.31. The lowest BCUT2D eigenvalue weighted by Gasteiger charge is -2.27. The van der Waals surface area contributed by atoms with Crippen LogP contribution in [-0.2, 0) is 10.3 Å². The minimum absolute atomic E-state index is 0.316. The molecule has 1 aromatic heterocycles. The predicted molar refractivity (Wildman–Crippen MR) is 115 cm³/mol. The van der Waals surface area contributed by atoms with E-state index in [1.807, 2.05) is 31.2 Å². The molecule has 7 heteroatoms. The van der Waals surface area contributed by atoms with Crippen LogP contribution in [0.3, 0.4) is 0 Å². The Morgan fingerprint density at radius 2 is 1.81 bits per heavy atom. The zero-order valence-electron chi connectivity index (χ0n) is 17.5. The molecule has 0 spiro atoms. The number of H-pyrrole nitrogens is 1. The van der Waals surface area contributed by atoms with Crippen LogP contribution in [0.25, 0.3) is 10.9 Å². The minimum Gasteiger partial charge on any atom is -0.358 e. The average Bonchev–Trinajstić information content (AvgIpc) is 3.21. The van der Waals surface area contributed by atoms with Crippen molar-refractivity contribution in [2.45, 2.75) is 38.6 Å². The molecule has 4 rings (SSSR count). The first kappa shape index (κ1) is 20.8. The molecule has 3 aromatic rings. The summed E-state index contributed by atoms with van der Waals surface area (Å²) in [5.74, 6) is -1.22. The topological polar surface area (TPSA) is 82.3 Å². The summed E-state index contributed by atoms with van der Waals surface area (Å²) >= 11 is 0. The van der Waals surface area contributed by atoms with Crippen molar-refractivity contribution < 1.29 is 18.8 Å². The largest absolute Gasteiger partial charge is 0.358 e. The molecule has 6 nitrogen and oxygen atoms in total. The van der Waals surface area contributed by atoms with E-state index in [-0.39, 0.29) is 12.3 Å². The van der Waals surface area contributed by atoms with E-state index < -0.39 is 23.3 Å². The minimum atomic E-state index is -1.30. The lowest BCUT2D eigenvalue weighted by atomic mass is 9.84. The number of imide groups is 1. The standard InChI is InChI=1S/C24H24FN3O3/c1-3-4-13-24(16-9-11-17(25)12-10-16)22(30)28(23(31)27-24)14-20(29)21-15(2)26-19-8-6-5-7-18(19)21/h5-12,26H,3-4,13-14H2,1-2H3,(H,27,31)/t24-/m1/s1. The number of Topliss-reactive ketones (excluding diaryl/α,β-unsaturated/α-hetero) is 1. The van der Waals surface area contributed by atoms with Crippen molar-refractivity contribution in [1.29, 1.82) is 0 Å². The molecule has 2 heterocycles. The second kappa shape index (κ2) is 7.98. The third kappa shape index (κ3) is 3.50. The lowest BCUT2D eigenvalue weighted by molar-refractivity contribution is -0.131. The number of urea groups is 1. The summed E-state index contributed by atoms with van der Waals surface area (Å²) in [7, 11) is 0. The van der Waals surface area contributed by atoms with Crippen LogP contribution in [-0.4, -0.2) is 34.2 Å². The molecule has 1 aliphatic rings. The summed E-state index contributed by atoms with van der Waals surface area (Å²) in [6, 6.07) is 12.4. The number of amides is 3. The van der Waals surface area contributed by atoms with Crippen LogP contribution in [0, 0.1) is 12.7 Å². The van der Waals surface area contributed by atoms with E-state index in [1.54, 1.807) is 6.92 Å². The number of benzene rings is 2. The van der Waals surface area contributed by atoms with Crippen molar-refractivity contribution in [3.05, 3.63) is 71.2 Å². The van der Waals surface area contributed by atoms with E-state index in [0.29, 0.717) is 29.7 Å². The number of halogens is 1. The second-order valence-corrected chi connectivity index (χ2v) is 7.93. The highest BCUT2D eigenvalue weighted by atomic mass is 19.1. The molecule has 0 bridgehead atoms. The predicted octanol–water partition coefficient (Wildman–Crippen LogP) is 4.44. The summed E-state index contributed by atoms with van der Waals surface area (Å²) in [5, 5.41) is 3.55. The first-order valence-electron chi connectivity index (χ1n) is 10.4. The molecule has 3 amide bonds. The third-order valence-electron chi connectivity index (χ3n) is 5.89. The van der Waals surface area contributed by atoms with E-state index in [0.717, 1.165) is 22.2 Å². The van der Waals surface area contributed by atoms with Crippen LogP contribution in [0.5, 0.6) is 0 Å². The van der Waals surface area contributed by atoms with Gasteiger partial charge in [0, 0.05) is 22.2 Å². The number of fused-ring (bicyclic) bond motifs is 1. The number of hydrogen-bond donors (Lipinski definition) is 2. The molecule has 31 heavy (non-hydrogen) atoms. The van der Waals surface area contributed by atoms with E-state index >= 15 is 0 Å². The molecule has 2 N–H and O–H groups in total. The van der Waals surface area contributed by atoms with Gasteiger partial charge in [0.15, 0.2) is 5.78 Å². The maximum absolute atomic E-state index is 13.5. The van der Waals surface area contributed by atoms with Crippen LogP contribution in [0.15, 0.2) is 48.5 Å². The highest BCUT2D eigenvalue weighted by molar-refractivity contribution is 6.15. The molecule has 1 aliphatic heterocycles. The van der Waals surface area contributed by atoms with Gasteiger partial charge in [-0.1, -0.05) is 50.1 Å². The number of carbonyl (C=O) groups is 3. The van der Waals surface area contributed by atoms with Crippen molar-refractivity contribution in [3.63, 3.8) is 0 Å². The van der Waals surface area contributed by atoms with Crippen molar-refractivity contribution in [2.75, 3.05) is 6.54 Å². The van der Waals surface area contributed by atoms with Crippen molar-refractivity contribution >= 4 is 28.6 Å². The Labute approximate surface area is 179 Å². The Bertz CT molecular complexity index is 1170. The monoisotopic (exact) mass is 421 g/mol. The molecule has 0 saturated carbocycles. The summed E-state index contributed by atoms with van der Waals surface area (Å²) in [6.07, 6.45) is 1.88. The van der Waals surface area contributed by atoms with Gasteiger partial charge in [-0.3, -0.25) is 14.5 Å². The average molecular weight is 421 g/mol. The number of unbranched alkanes of at least 4 members (excludes halogenated alkanes) is 1. The van der Waals surface area contributed by atoms with Gasteiger partial charge in [0.2, 0.25) is 0 Å². The Balaban J connectivity index is 1.67. The molecule has 0 unspecified atom stereocenters. The summed E-state index contributed by atoms with van der Waals surface area (Å²) in [4.78, 5) is 43.6. The molecular weight excluding hydrogens is 397 g/mol. The summed E-state index contributed by atoms with van der Waals surface area (Å²) < 4.78 is 13.5. The van der Waals surface area contributed by atoms with Gasteiger partial charge < -0.3 is 10.3 Å². The van der Waals surface area contributed by atoms with Crippen molar-refractivity contribution in [2.24, 2.45) is 0 Å². The van der Waals surface area contributed by atoms with Crippen LogP contribution >= 0.6 is 0 Å². The molecule has 1 saturated heterocycles. The fraction of sp³-hybridized carbons (Fsp3) is 0.292. The Hall–Kier alpha value is -3.48. The Morgan fingerprint density at radius 1 is 1.10 bits per heavy atom. The van der Waals surface area contributed by atoms with E-state index in [2.05, 4.69) is 10.3 Å². The van der Waals surface area contributed by atoms with Crippen molar-refractivity contribution in [1.82, 2.24) is 15.2 Å². The van der Waals surface area contributed by atoms with E-state index in [1.165, 1.54) is 24.3 Å². The lowest BCUT2D eigenvalue weighted by Crippen LogP contribution is -2.44. The maximum atomic E-state index is 13.5. The van der Waals surface area contributed by atoms with Crippen LogP contribution < -0.4 is 5.32 Å². The van der Waals surface area contributed by atoms with Crippen LogP contribution in [0.2, 0.25) is 0 Å². The number of aromatic nitrogens is 1. The molecule has 2 aromatic carbocycles. The first-order valence-corrected chi connectivity index (χ1v) is 10.4. The van der Waals surface area contributed by atoms with Gasteiger partial charge in [0.05, 0.1) is 6.54 Å². The van der Waals surface area contributed by atoms with E-state index in [9.17, 15) is 18.8 Å². The van der Waals surface area contributed by atoms with Gasteiger partial charge >= 0.3 is 6.03 Å². The Morgan fingerprint density at radius 3 is 2.52 bits per heavy atom. The quantitative estimate of drug-likeness (QED) is 0.437. The van der Waals surface area contributed by atoms with Crippen LogP contribution in [0.1, 0.15) is 47.8 Å². The van der Waals surface area contributed by atoms with Gasteiger partial charge in [-0.25, -0.2) is 9.18 Å². The number of rotatable bonds is 7. The maximum Gasteiger partial charge on any atom is 0.325 e. The number of aryl methyl sites for hydroxylation is 1. The van der Waals surface area contributed by atoms with Gasteiger partial charge in [0.25, 0.3) is 5.91 Å². The number of para-hydroxylation sites is 1. The summed E-state index contributed by atoms with van der Waals surface area (Å²) in [6.45, 7) is 3.42. The number of nitrogens with zero attached hydrogens (tertiary/aromatic N) is 1. The van der Waals surface area contributed by atoms with Gasteiger partial charge in [0.1, 0.15) is 11.4 Å². The van der Waals surface area contributed by atoms with Gasteiger partial charge in [-0.05, 0) is 37.1 Å². The smallest absolute Gasteiger partial charge is 0.325 e. The highest BCUT2D eigenvalue weighted by Crippen LogP contribution is 2.35. The normalized spacial score (nSPS) is 18.6. The third-order valence-corrected chi connectivity index (χ3v) is 5.89. The zero-order valence-corrected chi connectivity index (χ0v) is 17.5. The second-order valence-electron chi connectivity index (χ2n) is 7.93. The number of ketones is 1. The summed E-state index contributed by atoms with van der Waals surface area (Å²) in [5.41, 5.74) is 1.21. The number of hydrogen-bond acceptors (Lipinski definition) is 3. The van der Waals surface area contributed by atoms with Crippen molar-refractivity contribution in [3.8, 4) is 0 Å². The molecule has 0 aliphatic carbocycles. The zero-order chi connectivity index (χ0) is 22.2. The van der Waals surface area contributed by atoms with Crippen LogP contribution in [0.4, 0.5) is 9.18 Å². The number of nitrogens with one attached hydrogen (secondary N) is 2. The molecule has 160 valence electrons. The first-order chi connectivity index (χ1) is 14.9.